The van der Waals surface area contributed by atoms with E-state index in [1.165, 1.54) is 0 Å². The number of hydrogen-bond donors (Lipinski definition) is 0. The second-order valence-corrected chi connectivity index (χ2v) is 4.10. The molecule has 2 rings (SSSR count). The maximum Gasteiger partial charge on any atom is 0.272 e. The molecule has 0 N–H and O–H groups in total. The van der Waals surface area contributed by atoms with Crippen LogP contribution in [0.4, 0.5) is 0 Å². The van der Waals surface area contributed by atoms with Gasteiger partial charge in [-0.1, -0.05) is 0 Å². The average Bonchev–Trinajstić information content (AvgIpc) is 2.74. The molecule has 6 heteroatoms. The van der Waals surface area contributed by atoms with Gasteiger partial charge in [0.1, 0.15) is 5.69 Å². The number of nitrogens with zero attached hydrogens (tertiary/aromatic N) is 3. The van der Waals surface area contributed by atoms with Crippen molar-refractivity contribution in [2.24, 2.45) is 7.05 Å². The lowest BCUT2D eigenvalue weighted by molar-refractivity contribution is -0.0111. The van der Waals surface area contributed by atoms with E-state index >= 15 is 0 Å². The number of carbonyl (C=O) groups excluding carboxylic acids is 1. The SMILES string of the molecule is Cn1cncc1C(=O)N1CCOC(CCl)C1. The fourth-order valence-corrected chi connectivity index (χ4v) is 1.91. The number of alkyl halides is 1. The Morgan fingerprint density at radius 3 is 3.19 bits per heavy atom. The highest BCUT2D eigenvalue weighted by molar-refractivity contribution is 6.18. The molecule has 1 unspecified atom stereocenters. The van der Waals surface area contributed by atoms with Crippen LogP contribution in [0.2, 0.25) is 0 Å². The number of morpholine rings is 1. The third-order valence-electron chi connectivity index (χ3n) is 2.63. The van der Waals surface area contributed by atoms with Crippen molar-refractivity contribution < 1.29 is 9.53 Å². The number of halogens is 1. The molecule has 1 fully saturated rings. The summed E-state index contributed by atoms with van der Waals surface area (Å²) in [6.07, 6.45) is 3.13. The molecule has 16 heavy (non-hydrogen) atoms. The fourth-order valence-electron chi connectivity index (χ4n) is 1.72. The van der Waals surface area contributed by atoms with Crippen LogP contribution in [0.3, 0.4) is 0 Å². The van der Waals surface area contributed by atoms with Crippen molar-refractivity contribution in [1.29, 1.82) is 0 Å². The first-order valence-corrected chi connectivity index (χ1v) is 5.69. The van der Waals surface area contributed by atoms with Crippen molar-refractivity contribution in [3.8, 4) is 0 Å². The Morgan fingerprint density at radius 2 is 2.56 bits per heavy atom. The molecule has 1 aromatic rings. The van der Waals surface area contributed by atoms with Gasteiger partial charge in [0.2, 0.25) is 0 Å². The van der Waals surface area contributed by atoms with Crippen LogP contribution in [0.1, 0.15) is 10.5 Å². The van der Waals surface area contributed by atoms with Crippen molar-refractivity contribution >= 4 is 17.5 Å². The molecule has 0 bridgehead atoms. The van der Waals surface area contributed by atoms with E-state index in [2.05, 4.69) is 4.98 Å². The molecule has 0 radical (unpaired) electrons. The molecule has 0 spiro atoms. The lowest BCUT2D eigenvalue weighted by Crippen LogP contribution is -2.46. The normalized spacial score (nSPS) is 21.1. The number of aromatic nitrogens is 2. The highest BCUT2D eigenvalue weighted by Gasteiger charge is 2.25. The van der Waals surface area contributed by atoms with E-state index in [4.69, 9.17) is 16.3 Å². The molecule has 1 atom stereocenters. The standard InChI is InChI=1S/C10H14ClN3O2/c1-13-7-12-5-9(13)10(15)14-2-3-16-8(4-11)6-14/h5,7-8H,2-4,6H2,1H3. The zero-order valence-corrected chi connectivity index (χ0v) is 9.85. The summed E-state index contributed by atoms with van der Waals surface area (Å²) >= 11 is 5.73. The van der Waals surface area contributed by atoms with E-state index in [9.17, 15) is 4.79 Å². The fraction of sp³-hybridized carbons (Fsp3) is 0.600. The third kappa shape index (κ3) is 2.20. The predicted molar refractivity (Wildman–Crippen MR) is 59.6 cm³/mol. The van der Waals surface area contributed by atoms with Gasteiger partial charge in [0, 0.05) is 20.1 Å². The van der Waals surface area contributed by atoms with Crippen LogP contribution in [0.25, 0.3) is 0 Å². The molecular formula is C10H14ClN3O2. The average molecular weight is 244 g/mol. The second kappa shape index (κ2) is 4.84. The summed E-state index contributed by atoms with van der Waals surface area (Å²) < 4.78 is 7.12. The quantitative estimate of drug-likeness (QED) is 0.711. The molecule has 0 saturated carbocycles. The Morgan fingerprint density at radius 1 is 1.75 bits per heavy atom. The molecule has 1 aromatic heterocycles. The molecule has 1 amide bonds. The zero-order chi connectivity index (χ0) is 11.5. The van der Waals surface area contributed by atoms with Gasteiger partial charge in [-0.25, -0.2) is 4.98 Å². The van der Waals surface area contributed by atoms with E-state index < -0.39 is 0 Å². The van der Waals surface area contributed by atoms with E-state index in [0.29, 0.717) is 31.3 Å². The maximum absolute atomic E-state index is 12.1. The van der Waals surface area contributed by atoms with E-state index in [1.54, 1.807) is 29.0 Å². The summed E-state index contributed by atoms with van der Waals surface area (Å²) in [4.78, 5) is 17.8. The minimum absolute atomic E-state index is 0.0154. The van der Waals surface area contributed by atoms with Crippen molar-refractivity contribution in [3.63, 3.8) is 0 Å². The van der Waals surface area contributed by atoms with Crippen LogP contribution in [-0.2, 0) is 11.8 Å². The van der Waals surface area contributed by atoms with Crippen molar-refractivity contribution in [2.75, 3.05) is 25.6 Å². The number of imidazole rings is 1. The molecule has 88 valence electrons. The molecular weight excluding hydrogens is 230 g/mol. The number of aryl methyl sites for hydroxylation is 1. The van der Waals surface area contributed by atoms with Gasteiger partial charge in [0.15, 0.2) is 0 Å². The highest BCUT2D eigenvalue weighted by Crippen LogP contribution is 2.10. The van der Waals surface area contributed by atoms with Crippen LogP contribution in [0.5, 0.6) is 0 Å². The van der Waals surface area contributed by atoms with Crippen LogP contribution >= 0.6 is 11.6 Å². The summed E-state index contributed by atoms with van der Waals surface area (Å²) in [6.45, 7) is 1.70. The number of amides is 1. The van der Waals surface area contributed by atoms with Crippen molar-refractivity contribution in [3.05, 3.63) is 18.2 Å². The van der Waals surface area contributed by atoms with Gasteiger partial charge >= 0.3 is 0 Å². The smallest absolute Gasteiger partial charge is 0.272 e. The van der Waals surface area contributed by atoms with Gasteiger partial charge in [0.05, 0.1) is 31.1 Å². The summed E-state index contributed by atoms with van der Waals surface area (Å²) in [6, 6.07) is 0. The van der Waals surface area contributed by atoms with Crippen LogP contribution in [0, 0.1) is 0 Å². The Bertz CT molecular complexity index is 380. The molecule has 1 aliphatic rings. The highest BCUT2D eigenvalue weighted by atomic mass is 35.5. The van der Waals surface area contributed by atoms with Crippen molar-refractivity contribution in [1.82, 2.24) is 14.5 Å². The lowest BCUT2D eigenvalue weighted by atomic mass is 10.2. The third-order valence-corrected chi connectivity index (χ3v) is 2.98. The van der Waals surface area contributed by atoms with Crippen molar-refractivity contribution in [2.45, 2.75) is 6.10 Å². The summed E-state index contributed by atoms with van der Waals surface area (Å²) in [5, 5.41) is 0. The second-order valence-electron chi connectivity index (χ2n) is 3.79. The van der Waals surface area contributed by atoms with Gasteiger partial charge < -0.3 is 14.2 Å². The minimum Gasteiger partial charge on any atom is -0.373 e. The van der Waals surface area contributed by atoms with Crippen LogP contribution < -0.4 is 0 Å². The first-order valence-electron chi connectivity index (χ1n) is 5.15. The Labute approximate surface area is 99.0 Å². The molecule has 0 aromatic carbocycles. The van der Waals surface area contributed by atoms with Gasteiger partial charge in [-0.15, -0.1) is 11.6 Å². The van der Waals surface area contributed by atoms with Gasteiger partial charge in [-0.3, -0.25) is 4.79 Å². The van der Waals surface area contributed by atoms with Gasteiger partial charge in [0.25, 0.3) is 5.91 Å². The summed E-state index contributed by atoms with van der Waals surface area (Å²) in [5.74, 6) is 0.397. The number of rotatable bonds is 2. The lowest BCUT2D eigenvalue weighted by Gasteiger charge is -2.31. The number of ether oxygens (including phenoxy) is 1. The first kappa shape index (κ1) is 11.4. The molecule has 0 aliphatic carbocycles. The Kier molecular flexibility index (Phi) is 3.46. The van der Waals surface area contributed by atoms with E-state index in [1.807, 2.05) is 0 Å². The predicted octanol–water partition coefficient (Wildman–Crippen LogP) is 0.500. The van der Waals surface area contributed by atoms with Gasteiger partial charge in [-0.2, -0.15) is 0 Å². The van der Waals surface area contributed by atoms with Crippen LogP contribution in [-0.4, -0.2) is 52.0 Å². The molecule has 2 heterocycles. The zero-order valence-electron chi connectivity index (χ0n) is 9.10. The minimum atomic E-state index is -0.0624. The summed E-state index contributed by atoms with van der Waals surface area (Å²) in [7, 11) is 1.81. The van der Waals surface area contributed by atoms with E-state index in [-0.39, 0.29) is 12.0 Å². The van der Waals surface area contributed by atoms with Crippen LogP contribution in [0.15, 0.2) is 12.5 Å². The number of carbonyl (C=O) groups is 1. The maximum atomic E-state index is 12.1. The van der Waals surface area contributed by atoms with Gasteiger partial charge in [-0.05, 0) is 0 Å². The first-order chi connectivity index (χ1) is 7.72. The largest absolute Gasteiger partial charge is 0.373 e. The molecule has 1 saturated heterocycles. The molecule has 1 aliphatic heterocycles. The summed E-state index contributed by atoms with van der Waals surface area (Å²) in [5.41, 5.74) is 0.593. The Hall–Kier alpha value is -1.07. The monoisotopic (exact) mass is 243 g/mol. The topological polar surface area (TPSA) is 47.4 Å². The number of hydrogen-bond acceptors (Lipinski definition) is 3. The Balaban J connectivity index is 2.07. The molecule has 5 nitrogen and oxygen atoms in total. The van der Waals surface area contributed by atoms with E-state index in [0.717, 1.165) is 0 Å².